The summed E-state index contributed by atoms with van der Waals surface area (Å²) >= 11 is 0. The maximum atomic E-state index is 10.7. The highest BCUT2D eigenvalue weighted by Gasteiger charge is 2.23. The summed E-state index contributed by atoms with van der Waals surface area (Å²) in [6, 6.07) is 8.02. The van der Waals surface area contributed by atoms with Gasteiger partial charge in [-0.25, -0.2) is 0 Å². The SMILES string of the molecule is CC.Cc1ccc(C(C)(C)CC(=O)O)cc1. The van der Waals surface area contributed by atoms with Gasteiger partial charge in [0.25, 0.3) is 0 Å². The van der Waals surface area contributed by atoms with Crippen molar-refractivity contribution in [3.63, 3.8) is 0 Å². The zero-order chi connectivity index (χ0) is 12.8. The van der Waals surface area contributed by atoms with Crippen LogP contribution in [0, 0.1) is 6.92 Å². The van der Waals surface area contributed by atoms with E-state index < -0.39 is 5.97 Å². The molecule has 0 amide bonds. The van der Waals surface area contributed by atoms with Gasteiger partial charge in [-0.1, -0.05) is 57.5 Å². The number of rotatable bonds is 3. The minimum atomic E-state index is -0.754. The fraction of sp³-hybridized carbons (Fsp3) is 0.500. The van der Waals surface area contributed by atoms with E-state index in [1.807, 2.05) is 58.9 Å². The monoisotopic (exact) mass is 222 g/mol. The zero-order valence-electron chi connectivity index (χ0n) is 10.9. The van der Waals surface area contributed by atoms with Crippen LogP contribution in [-0.2, 0) is 10.2 Å². The summed E-state index contributed by atoms with van der Waals surface area (Å²) in [5, 5.41) is 8.77. The molecule has 1 aromatic carbocycles. The number of aliphatic carboxylic acids is 1. The predicted molar refractivity (Wildman–Crippen MR) is 67.8 cm³/mol. The van der Waals surface area contributed by atoms with Crippen LogP contribution in [0.25, 0.3) is 0 Å². The van der Waals surface area contributed by atoms with Gasteiger partial charge in [-0.3, -0.25) is 4.79 Å². The van der Waals surface area contributed by atoms with Gasteiger partial charge in [0, 0.05) is 5.41 Å². The Morgan fingerprint density at radius 2 is 1.62 bits per heavy atom. The van der Waals surface area contributed by atoms with Crippen LogP contribution in [0.4, 0.5) is 0 Å². The molecular weight excluding hydrogens is 200 g/mol. The lowest BCUT2D eigenvalue weighted by Gasteiger charge is -2.23. The molecule has 1 N–H and O–H groups in total. The fourth-order valence-corrected chi connectivity index (χ4v) is 1.48. The number of hydrogen-bond donors (Lipinski definition) is 1. The van der Waals surface area contributed by atoms with E-state index in [0.29, 0.717) is 0 Å². The van der Waals surface area contributed by atoms with Crippen LogP contribution in [0.5, 0.6) is 0 Å². The summed E-state index contributed by atoms with van der Waals surface area (Å²) in [7, 11) is 0. The third-order valence-electron chi connectivity index (χ3n) is 2.43. The van der Waals surface area contributed by atoms with Crippen molar-refractivity contribution < 1.29 is 9.90 Å². The molecule has 0 spiro atoms. The average Bonchev–Trinajstić information content (AvgIpc) is 2.19. The summed E-state index contributed by atoms with van der Waals surface area (Å²) in [5.41, 5.74) is 1.98. The number of benzene rings is 1. The third kappa shape index (κ3) is 4.47. The van der Waals surface area contributed by atoms with Crippen LogP contribution in [-0.4, -0.2) is 11.1 Å². The van der Waals surface area contributed by atoms with E-state index in [-0.39, 0.29) is 11.8 Å². The van der Waals surface area contributed by atoms with Crippen molar-refractivity contribution in [3.05, 3.63) is 35.4 Å². The normalized spacial score (nSPS) is 10.3. The van der Waals surface area contributed by atoms with Crippen LogP contribution in [0.1, 0.15) is 45.2 Å². The second-order valence-corrected chi connectivity index (χ2v) is 4.32. The lowest BCUT2D eigenvalue weighted by molar-refractivity contribution is -0.138. The smallest absolute Gasteiger partial charge is 0.304 e. The number of hydrogen-bond acceptors (Lipinski definition) is 1. The van der Waals surface area contributed by atoms with Gasteiger partial charge in [-0.15, -0.1) is 0 Å². The molecule has 2 nitrogen and oxygen atoms in total. The molecular formula is C14H22O2. The first-order valence-electron chi connectivity index (χ1n) is 5.71. The largest absolute Gasteiger partial charge is 0.481 e. The van der Waals surface area contributed by atoms with Crippen molar-refractivity contribution in [2.45, 2.75) is 46.5 Å². The van der Waals surface area contributed by atoms with Crippen molar-refractivity contribution in [1.82, 2.24) is 0 Å². The first-order valence-corrected chi connectivity index (χ1v) is 5.71. The first-order chi connectivity index (χ1) is 7.42. The molecule has 0 saturated carbocycles. The molecule has 0 radical (unpaired) electrons. The van der Waals surface area contributed by atoms with Crippen LogP contribution < -0.4 is 0 Å². The molecule has 0 unspecified atom stereocenters. The maximum Gasteiger partial charge on any atom is 0.304 e. The number of carbonyl (C=O) groups is 1. The molecule has 0 heterocycles. The second-order valence-electron chi connectivity index (χ2n) is 4.32. The minimum Gasteiger partial charge on any atom is -0.481 e. The van der Waals surface area contributed by atoms with Crippen LogP contribution in [0.3, 0.4) is 0 Å². The highest BCUT2D eigenvalue weighted by Crippen LogP contribution is 2.26. The molecule has 2 heteroatoms. The Hall–Kier alpha value is -1.31. The zero-order valence-corrected chi connectivity index (χ0v) is 10.9. The van der Waals surface area contributed by atoms with Crippen molar-refractivity contribution in [3.8, 4) is 0 Å². The summed E-state index contributed by atoms with van der Waals surface area (Å²) in [6.07, 6.45) is 0.163. The summed E-state index contributed by atoms with van der Waals surface area (Å²) in [5.74, 6) is -0.754. The van der Waals surface area contributed by atoms with Gasteiger partial charge in [-0.2, -0.15) is 0 Å². The lowest BCUT2D eigenvalue weighted by atomic mass is 9.81. The highest BCUT2D eigenvalue weighted by molar-refractivity contribution is 5.68. The Balaban J connectivity index is 0.00000106. The van der Waals surface area contributed by atoms with E-state index in [4.69, 9.17) is 5.11 Å². The number of carboxylic acid groups (broad SMARTS) is 1. The van der Waals surface area contributed by atoms with Gasteiger partial charge in [0.15, 0.2) is 0 Å². The average molecular weight is 222 g/mol. The van der Waals surface area contributed by atoms with Gasteiger partial charge < -0.3 is 5.11 Å². The summed E-state index contributed by atoms with van der Waals surface area (Å²) in [4.78, 5) is 10.7. The predicted octanol–water partition coefficient (Wildman–Crippen LogP) is 3.77. The van der Waals surface area contributed by atoms with Crippen LogP contribution in [0.15, 0.2) is 24.3 Å². The quantitative estimate of drug-likeness (QED) is 0.845. The molecule has 0 aromatic heterocycles. The molecule has 1 rings (SSSR count). The van der Waals surface area contributed by atoms with Crippen molar-refractivity contribution in [2.75, 3.05) is 0 Å². The molecule has 90 valence electrons. The van der Waals surface area contributed by atoms with E-state index in [1.165, 1.54) is 5.56 Å². The molecule has 0 aliphatic rings. The Morgan fingerprint density at radius 1 is 1.19 bits per heavy atom. The van der Waals surface area contributed by atoms with Gasteiger partial charge in [0.2, 0.25) is 0 Å². The molecule has 0 aliphatic heterocycles. The molecule has 0 fully saturated rings. The molecule has 1 aromatic rings. The van der Waals surface area contributed by atoms with E-state index >= 15 is 0 Å². The first kappa shape index (κ1) is 14.7. The van der Waals surface area contributed by atoms with Crippen molar-refractivity contribution in [1.29, 1.82) is 0 Å². The summed E-state index contributed by atoms with van der Waals surface area (Å²) < 4.78 is 0. The van der Waals surface area contributed by atoms with Gasteiger partial charge in [-0.05, 0) is 12.5 Å². The second kappa shape index (κ2) is 6.31. The topological polar surface area (TPSA) is 37.3 Å². The van der Waals surface area contributed by atoms with Crippen molar-refractivity contribution in [2.24, 2.45) is 0 Å². The van der Waals surface area contributed by atoms with E-state index in [2.05, 4.69) is 0 Å². The fourth-order valence-electron chi connectivity index (χ4n) is 1.48. The highest BCUT2D eigenvalue weighted by atomic mass is 16.4. The Kier molecular flexibility index (Phi) is 5.79. The van der Waals surface area contributed by atoms with Gasteiger partial charge >= 0.3 is 5.97 Å². The number of carboxylic acids is 1. The van der Waals surface area contributed by atoms with Crippen LogP contribution >= 0.6 is 0 Å². The molecule has 0 saturated heterocycles. The van der Waals surface area contributed by atoms with Gasteiger partial charge in [0.05, 0.1) is 6.42 Å². The molecule has 0 bridgehead atoms. The van der Waals surface area contributed by atoms with Gasteiger partial charge in [0.1, 0.15) is 0 Å². The minimum absolute atomic E-state index is 0.163. The summed E-state index contributed by atoms with van der Waals surface area (Å²) in [6.45, 7) is 9.92. The maximum absolute atomic E-state index is 10.7. The van der Waals surface area contributed by atoms with E-state index in [9.17, 15) is 4.79 Å². The standard InChI is InChI=1S/C12H16O2.C2H6/c1-9-4-6-10(7-5-9)12(2,3)8-11(13)14;1-2/h4-7H,8H2,1-3H3,(H,13,14);1-2H3. The van der Waals surface area contributed by atoms with E-state index in [1.54, 1.807) is 0 Å². The Bertz CT molecular complexity index is 323. The van der Waals surface area contributed by atoms with Crippen molar-refractivity contribution >= 4 is 5.97 Å². The molecule has 0 aliphatic carbocycles. The molecule has 16 heavy (non-hydrogen) atoms. The lowest BCUT2D eigenvalue weighted by Crippen LogP contribution is -2.21. The third-order valence-corrected chi connectivity index (χ3v) is 2.43. The molecule has 0 atom stereocenters. The van der Waals surface area contributed by atoms with Crippen LogP contribution in [0.2, 0.25) is 0 Å². The Morgan fingerprint density at radius 3 is 2.00 bits per heavy atom. The van der Waals surface area contributed by atoms with E-state index in [0.717, 1.165) is 5.56 Å². The Labute approximate surface area is 98.3 Å². The number of aryl methyl sites for hydroxylation is 1.